The van der Waals surface area contributed by atoms with E-state index >= 15 is 0 Å². The van der Waals surface area contributed by atoms with Crippen LogP contribution >= 0.6 is 0 Å². The molecule has 0 amide bonds. The van der Waals surface area contributed by atoms with E-state index in [-0.39, 0.29) is 16.2 Å². The zero-order chi connectivity index (χ0) is 15.3. The summed E-state index contributed by atoms with van der Waals surface area (Å²) in [7, 11) is 0. The summed E-state index contributed by atoms with van der Waals surface area (Å²) in [6.07, 6.45) is 0. The van der Waals surface area contributed by atoms with Gasteiger partial charge in [0.1, 0.15) is 0 Å². The van der Waals surface area contributed by atoms with Crippen molar-refractivity contribution in [3.8, 4) is 0 Å². The quantitative estimate of drug-likeness (QED) is 0.687. The largest absolute Gasteiger partial charge is 0.905 e. The Hall–Kier alpha value is 0.412. The van der Waals surface area contributed by atoms with Crippen LogP contribution in [-0.2, 0) is 11.4 Å². The van der Waals surface area contributed by atoms with Gasteiger partial charge in [-0.05, 0) is 16.2 Å². The maximum absolute atomic E-state index is 5.89. The Morgan fingerprint density at radius 3 is 0.895 bits per heavy atom. The van der Waals surface area contributed by atoms with Crippen LogP contribution in [0, 0.1) is 16.2 Å². The predicted octanol–water partition coefficient (Wildman–Crippen LogP) is 4.16. The van der Waals surface area contributed by atoms with Crippen molar-refractivity contribution in [2.45, 2.75) is 62.3 Å². The first-order chi connectivity index (χ1) is 8.29. The van der Waals surface area contributed by atoms with Crippen molar-refractivity contribution < 1.29 is 11.4 Å². The van der Waals surface area contributed by atoms with Crippen LogP contribution in [0.25, 0.3) is 0 Å². The molecule has 0 unspecified atom stereocenters. The van der Waals surface area contributed by atoms with Crippen molar-refractivity contribution in [1.29, 1.82) is 0 Å². The van der Waals surface area contributed by atoms with Crippen molar-refractivity contribution in [2.75, 3.05) is 19.8 Å². The molecule has 0 rings (SSSR count). The van der Waals surface area contributed by atoms with Crippen LogP contribution in [0.3, 0.4) is 0 Å². The number of rotatable bonds is 6. The summed E-state index contributed by atoms with van der Waals surface area (Å²) in [6.45, 7) is 21.5. The highest BCUT2D eigenvalue weighted by Crippen LogP contribution is 2.19. The molecular formula is C15H33AlO3. The zero-order valence-corrected chi connectivity index (χ0v) is 15.6. The van der Waals surface area contributed by atoms with Gasteiger partial charge in [0.15, 0.2) is 0 Å². The standard InChI is InChI=1S/3C5H11O.Al/c3*1-5(2,3)4-6;/h3*4H2,1-3H3;/q3*-1;+3. The maximum Gasteiger partial charge on any atom is 0.905 e. The number of hydrogen-bond acceptors (Lipinski definition) is 3. The molecule has 0 saturated heterocycles. The highest BCUT2D eigenvalue weighted by molar-refractivity contribution is 6.36. The van der Waals surface area contributed by atoms with Crippen LogP contribution in [0.5, 0.6) is 0 Å². The van der Waals surface area contributed by atoms with Gasteiger partial charge < -0.3 is 11.4 Å². The molecule has 0 aliphatic heterocycles. The van der Waals surface area contributed by atoms with Gasteiger partial charge >= 0.3 is 15.1 Å². The van der Waals surface area contributed by atoms with Crippen LogP contribution in [0.4, 0.5) is 0 Å². The number of hydrogen-bond donors (Lipinski definition) is 0. The molecule has 0 radical (unpaired) electrons. The van der Waals surface area contributed by atoms with E-state index in [9.17, 15) is 0 Å². The normalized spacial score (nSPS) is 13.7. The second kappa shape index (κ2) is 7.43. The molecule has 0 aromatic rings. The SMILES string of the molecule is CC(C)(C)C[O][Al]([O]CC(C)(C)C)[O]CC(C)(C)C. The lowest BCUT2D eigenvalue weighted by Crippen LogP contribution is -2.36. The first-order valence-electron chi connectivity index (χ1n) is 7.13. The van der Waals surface area contributed by atoms with Crippen LogP contribution in [0.2, 0.25) is 0 Å². The first-order valence-corrected chi connectivity index (χ1v) is 8.55. The summed E-state index contributed by atoms with van der Waals surface area (Å²) in [5.74, 6) is 0. The molecule has 19 heavy (non-hydrogen) atoms. The lowest BCUT2D eigenvalue weighted by molar-refractivity contribution is 0.0307. The molecule has 0 aromatic carbocycles. The molecule has 0 atom stereocenters. The van der Waals surface area contributed by atoms with Crippen molar-refractivity contribution >= 4 is 15.1 Å². The minimum atomic E-state index is -2.03. The fraction of sp³-hybridized carbons (Fsp3) is 1.00. The average molecular weight is 288 g/mol. The summed E-state index contributed by atoms with van der Waals surface area (Å²) in [6, 6.07) is 0. The van der Waals surface area contributed by atoms with E-state index in [1.807, 2.05) is 0 Å². The third-order valence-electron chi connectivity index (χ3n) is 1.96. The van der Waals surface area contributed by atoms with E-state index in [4.69, 9.17) is 11.4 Å². The van der Waals surface area contributed by atoms with E-state index in [1.165, 1.54) is 0 Å². The van der Waals surface area contributed by atoms with Crippen molar-refractivity contribution in [3.63, 3.8) is 0 Å². The molecule has 4 heteroatoms. The summed E-state index contributed by atoms with van der Waals surface area (Å²) < 4.78 is 17.7. The Labute approximate surface area is 125 Å². The van der Waals surface area contributed by atoms with E-state index in [2.05, 4.69) is 62.3 Å². The second-order valence-electron chi connectivity index (χ2n) is 8.90. The fourth-order valence-corrected chi connectivity index (χ4v) is 3.30. The van der Waals surface area contributed by atoms with Gasteiger partial charge in [-0.25, -0.2) is 0 Å². The van der Waals surface area contributed by atoms with Gasteiger partial charge in [-0.2, -0.15) is 0 Å². The molecule has 0 aliphatic carbocycles. The summed E-state index contributed by atoms with van der Waals surface area (Å²) >= 11 is -2.03. The van der Waals surface area contributed by atoms with Gasteiger partial charge in [-0.3, -0.25) is 0 Å². The maximum atomic E-state index is 5.89. The van der Waals surface area contributed by atoms with Gasteiger partial charge in [-0.1, -0.05) is 62.3 Å². The smallest absolute Gasteiger partial charge is 0.454 e. The molecule has 0 aliphatic rings. The van der Waals surface area contributed by atoms with Crippen molar-refractivity contribution in [1.82, 2.24) is 0 Å². The van der Waals surface area contributed by atoms with Crippen LogP contribution in [-0.4, -0.2) is 35.0 Å². The summed E-state index contributed by atoms with van der Waals surface area (Å²) in [5.41, 5.74) is 0.421. The molecule has 0 bridgehead atoms. The Bertz CT molecular complexity index is 203. The molecule has 0 spiro atoms. The molecule has 114 valence electrons. The minimum absolute atomic E-state index is 0.140. The van der Waals surface area contributed by atoms with Crippen LogP contribution < -0.4 is 0 Å². The van der Waals surface area contributed by atoms with Gasteiger partial charge in [0.25, 0.3) is 0 Å². The highest BCUT2D eigenvalue weighted by atomic mass is 27.3. The van der Waals surface area contributed by atoms with Gasteiger partial charge in [0.05, 0.1) is 0 Å². The zero-order valence-electron chi connectivity index (χ0n) is 14.4. The predicted molar refractivity (Wildman–Crippen MR) is 82.0 cm³/mol. The minimum Gasteiger partial charge on any atom is -0.454 e. The highest BCUT2D eigenvalue weighted by Gasteiger charge is 2.35. The molecule has 0 heterocycles. The topological polar surface area (TPSA) is 27.7 Å². The van der Waals surface area contributed by atoms with Gasteiger partial charge in [0.2, 0.25) is 0 Å². The third-order valence-corrected chi connectivity index (χ3v) is 3.27. The van der Waals surface area contributed by atoms with Gasteiger partial charge in [-0.15, -0.1) is 0 Å². The van der Waals surface area contributed by atoms with Crippen LogP contribution in [0.15, 0.2) is 0 Å². The average Bonchev–Trinajstić information content (AvgIpc) is 2.11. The molecular weight excluding hydrogens is 255 g/mol. The lowest BCUT2D eigenvalue weighted by atomic mass is 9.99. The fourth-order valence-electron chi connectivity index (χ4n) is 1.10. The monoisotopic (exact) mass is 288 g/mol. The Morgan fingerprint density at radius 2 is 0.737 bits per heavy atom. The molecule has 0 saturated carbocycles. The van der Waals surface area contributed by atoms with E-state index < -0.39 is 15.1 Å². The van der Waals surface area contributed by atoms with Crippen molar-refractivity contribution in [3.05, 3.63) is 0 Å². The Morgan fingerprint density at radius 1 is 0.526 bits per heavy atom. The summed E-state index contributed by atoms with van der Waals surface area (Å²) in [5, 5.41) is 0. The van der Waals surface area contributed by atoms with Crippen molar-refractivity contribution in [2.24, 2.45) is 16.2 Å². The van der Waals surface area contributed by atoms with Crippen LogP contribution in [0.1, 0.15) is 62.3 Å². The van der Waals surface area contributed by atoms with Gasteiger partial charge in [0, 0.05) is 19.8 Å². The second-order valence-corrected chi connectivity index (χ2v) is 10.5. The molecule has 3 nitrogen and oxygen atoms in total. The Kier molecular flexibility index (Phi) is 7.59. The van der Waals surface area contributed by atoms with E-state index in [0.29, 0.717) is 19.8 Å². The van der Waals surface area contributed by atoms with E-state index in [0.717, 1.165) is 0 Å². The molecule has 0 aromatic heterocycles. The van der Waals surface area contributed by atoms with E-state index in [1.54, 1.807) is 0 Å². The Balaban J connectivity index is 4.30. The lowest BCUT2D eigenvalue weighted by Gasteiger charge is -2.26. The summed E-state index contributed by atoms with van der Waals surface area (Å²) in [4.78, 5) is 0. The molecule has 0 N–H and O–H groups in total. The first kappa shape index (κ1) is 19.4. The third kappa shape index (κ3) is 14.6. The molecule has 0 fully saturated rings.